The first-order chi connectivity index (χ1) is 10.1. The SMILES string of the molecule is O=C(Cc1ccc(Cl)cc1Cl)N1CCCN(CCO)CC1. The number of halogens is 2. The van der Waals surface area contributed by atoms with E-state index in [1.54, 1.807) is 18.2 Å². The maximum absolute atomic E-state index is 12.4. The number of nitrogens with zero attached hydrogens (tertiary/aromatic N) is 2. The Balaban J connectivity index is 1.93. The molecule has 116 valence electrons. The number of aliphatic hydroxyl groups is 1. The zero-order valence-electron chi connectivity index (χ0n) is 11.9. The van der Waals surface area contributed by atoms with Crippen LogP contribution in [0.25, 0.3) is 0 Å². The van der Waals surface area contributed by atoms with Crippen molar-refractivity contribution in [3.8, 4) is 0 Å². The summed E-state index contributed by atoms with van der Waals surface area (Å²) in [6, 6.07) is 5.22. The predicted octanol–water partition coefficient (Wildman–Crippen LogP) is 2.06. The zero-order chi connectivity index (χ0) is 15.2. The second-order valence-corrected chi connectivity index (χ2v) is 6.06. The minimum Gasteiger partial charge on any atom is -0.395 e. The number of hydrogen-bond donors (Lipinski definition) is 1. The van der Waals surface area contributed by atoms with Gasteiger partial charge in [-0.2, -0.15) is 0 Å². The van der Waals surface area contributed by atoms with Gasteiger partial charge in [-0.25, -0.2) is 0 Å². The van der Waals surface area contributed by atoms with Gasteiger partial charge in [0, 0.05) is 36.2 Å². The number of β-amino-alcohol motifs (C(OH)–C–C–N with tert-alkyl or cyclic N) is 1. The zero-order valence-corrected chi connectivity index (χ0v) is 13.4. The fraction of sp³-hybridized carbons (Fsp3) is 0.533. The van der Waals surface area contributed by atoms with E-state index >= 15 is 0 Å². The van der Waals surface area contributed by atoms with E-state index in [4.69, 9.17) is 28.3 Å². The molecule has 6 heteroatoms. The van der Waals surface area contributed by atoms with Crippen molar-refractivity contribution in [1.29, 1.82) is 0 Å². The van der Waals surface area contributed by atoms with E-state index in [0.29, 0.717) is 29.6 Å². The highest BCUT2D eigenvalue weighted by Crippen LogP contribution is 2.22. The third-order valence-corrected chi connectivity index (χ3v) is 4.30. The summed E-state index contributed by atoms with van der Waals surface area (Å²) in [7, 11) is 0. The smallest absolute Gasteiger partial charge is 0.227 e. The number of carbonyl (C=O) groups is 1. The average Bonchev–Trinajstić information content (AvgIpc) is 2.68. The molecule has 0 atom stereocenters. The van der Waals surface area contributed by atoms with Gasteiger partial charge in [0.15, 0.2) is 0 Å². The maximum Gasteiger partial charge on any atom is 0.227 e. The van der Waals surface area contributed by atoms with Gasteiger partial charge in [0.25, 0.3) is 0 Å². The van der Waals surface area contributed by atoms with Crippen LogP contribution < -0.4 is 0 Å². The lowest BCUT2D eigenvalue weighted by Crippen LogP contribution is -2.36. The van der Waals surface area contributed by atoms with Crippen molar-refractivity contribution in [3.63, 3.8) is 0 Å². The molecule has 0 aromatic heterocycles. The molecule has 1 fully saturated rings. The van der Waals surface area contributed by atoms with Crippen LogP contribution in [0.15, 0.2) is 18.2 Å². The van der Waals surface area contributed by atoms with Crippen molar-refractivity contribution in [3.05, 3.63) is 33.8 Å². The molecule has 0 aliphatic carbocycles. The molecule has 0 unspecified atom stereocenters. The lowest BCUT2D eigenvalue weighted by molar-refractivity contribution is -0.130. The van der Waals surface area contributed by atoms with Gasteiger partial charge in [0.1, 0.15) is 0 Å². The van der Waals surface area contributed by atoms with Crippen molar-refractivity contribution in [2.24, 2.45) is 0 Å². The molecule has 0 saturated carbocycles. The number of amides is 1. The number of rotatable bonds is 4. The van der Waals surface area contributed by atoms with E-state index in [0.717, 1.165) is 31.6 Å². The second-order valence-electron chi connectivity index (χ2n) is 5.21. The lowest BCUT2D eigenvalue weighted by atomic mass is 10.1. The van der Waals surface area contributed by atoms with Crippen LogP contribution in [-0.2, 0) is 11.2 Å². The van der Waals surface area contributed by atoms with Crippen LogP contribution in [0.5, 0.6) is 0 Å². The molecule has 21 heavy (non-hydrogen) atoms. The third-order valence-electron chi connectivity index (χ3n) is 3.71. The Morgan fingerprint density at radius 1 is 1.19 bits per heavy atom. The topological polar surface area (TPSA) is 43.8 Å². The van der Waals surface area contributed by atoms with E-state index < -0.39 is 0 Å². The highest BCUT2D eigenvalue weighted by Gasteiger charge is 2.19. The van der Waals surface area contributed by atoms with Gasteiger partial charge in [-0.1, -0.05) is 29.3 Å². The van der Waals surface area contributed by atoms with Gasteiger partial charge in [0.05, 0.1) is 13.0 Å². The van der Waals surface area contributed by atoms with Gasteiger partial charge < -0.3 is 10.0 Å². The Morgan fingerprint density at radius 2 is 2.00 bits per heavy atom. The van der Waals surface area contributed by atoms with Crippen molar-refractivity contribution < 1.29 is 9.90 Å². The summed E-state index contributed by atoms with van der Waals surface area (Å²) in [5, 5.41) is 10.1. The Hall–Kier alpha value is -0.810. The fourth-order valence-electron chi connectivity index (χ4n) is 2.53. The van der Waals surface area contributed by atoms with Crippen molar-refractivity contribution in [1.82, 2.24) is 9.80 Å². The Morgan fingerprint density at radius 3 is 2.71 bits per heavy atom. The Labute approximate surface area is 135 Å². The summed E-state index contributed by atoms with van der Waals surface area (Å²) < 4.78 is 0. The fourth-order valence-corrected chi connectivity index (χ4v) is 3.00. The minimum atomic E-state index is 0.0880. The Bertz CT molecular complexity index is 497. The molecule has 1 aliphatic rings. The average molecular weight is 331 g/mol. The molecular weight excluding hydrogens is 311 g/mol. The molecule has 1 aliphatic heterocycles. The summed E-state index contributed by atoms with van der Waals surface area (Å²) >= 11 is 12.0. The number of hydrogen-bond acceptors (Lipinski definition) is 3. The minimum absolute atomic E-state index is 0.0880. The van der Waals surface area contributed by atoms with Crippen LogP contribution in [0.4, 0.5) is 0 Å². The summed E-state index contributed by atoms with van der Waals surface area (Å²) in [6.07, 6.45) is 1.23. The summed E-state index contributed by atoms with van der Waals surface area (Å²) in [5.74, 6) is 0.0880. The molecule has 0 spiro atoms. The highest BCUT2D eigenvalue weighted by molar-refractivity contribution is 6.35. The molecule has 1 heterocycles. The maximum atomic E-state index is 12.4. The van der Waals surface area contributed by atoms with Crippen LogP contribution in [0.3, 0.4) is 0 Å². The van der Waals surface area contributed by atoms with E-state index in [-0.39, 0.29) is 12.5 Å². The number of aliphatic hydroxyl groups excluding tert-OH is 1. The van der Waals surface area contributed by atoms with Crippen molar-refractivity contribution in [2.75, 3.05) is 39.3 Å². The van der Waals surface area contributed by atoms with Gasteiger partial charge >= 0.3 is 0 Å². The number of benzene rings is 1. The standard InChI is InChI=1S/C15H20Cl2N2O2/c16-13-3-2-12(14(17)11-13)10-15(21)19-5-1-4-18(6-7-19)8-9-20/h2-3,11,20H,1,4-10H2. The van der Waals surface area contributed by atoms with E-state index in [9.17, 15) is 4.79 Å². The van der Waals surface area contributed by atoms with Gasteiger partial charge in [-0.15, -0.1) is 0 Å². The molecule has 1 N–H and O–H groups in total. The second kappa shape index (κ2) is 7.99. The summed E-state index contributed by atoms with van der Waals surface area (Å²) in [4.78, 5) is 16.4. The van der Waals surface area contributed by atoms with Crippen LogP contribution in [0.2, 0.25) is 10.0 Å². The molecule has 2 rings (SSSR count). The summed E-state index contributed by atoms with van der Waals surface area (Å²) in [5.41, 5.74) is 0.808. The molecule has 1 aromatic rings. The first-order valence-corrected chi connectivity index (χ1v) is 7.90. The molecule has 1 aromatic carbocycles. The van der Waals surface area contributed by atoms with Crippen LogP contribution >= 0.6 is 23.2 Å². The normalized spacial score (nSPS) is 16.8. The molecular formula is C15H20Cl2N2O2. The molecule has 1 saturated heterocycles. The van der Waals surface area contributed by atoms with E-state index in [1.165, 1.54) is 0 Å². The van der Waals surface area contributed by atoms with Crippen molar-refractivity contribution >= 4 is 29.1 Å². The lowest BCUT2D eigenvalue weighted by Gasteiger charge is -2.21. The van der Waals surface area contributed by atoms with E-state index in [1.807, 2.05) is 4.90 Å². The van der Waals surface area contributed by atoms with E-state index in [2.05, 4.69) is 4.90 Å². The monoisotopic (exact) mass is 330 g/mol. The van der Waals surface area contributed by atoms with Gasteiger partial charge in [-0.05, 0) is 30.7 Å². The quantitative estimate of drug-likeness (QED) is 0.919. The molecule has 1 amide bonds. The van der Waals surface area contributed by atoms with Crippen LogP contribution in [-0.4, -0.2) is 60.1 Å². The van der Waals surface area contributed by atoms with Gasteiger partial charge in [-0.3, -0.25) is 9.69 Å². The van der Waals surface area contributed by atoms with Crippen LogP contribution in [0, 0.1) is 0 Å². The van der Waals surface area contributed by atoms with Crippen LogP contribution in [0.1, 0.15) is 12.0 Å². The molecule has 4 nitrogen and oxygen atoms in total. The molecule has 0 bridgehead atoms. The molecule has 0 radical (unpaired) electrons. The number of carbonyl (C=O) groups excluding carboxylic acids is 1. The van der Waals surface area contributed by atoms with Gasteiger partial charge in [0.2, 0.25) is 5.91 Å². The first kappa shape index (κ1) is 16.6. The highest BCUT2D eigenvalue weighted by atomic mass is 35.5. The predicted molar refractivity (Wildman–Crippen MR) is 84.9 cm³/mol. The largest absolute Gasteiger partial charge is 0.395 e. The van der Waals surface area contributed by atoms with Crippen molar-refractivity contribution in [2.45, 2.75) is 12.8 Å². The third kappa shape index (κ3) is 4.85. The Kier molecular flexibility index (Phi) is 6.30. The summed E-state index contributed by atoms with van der Waals surface area (Å²) in [6.45, 7) is 4.02. The first-order valence-electron chi connectivity index (χ1n) is 7.15.